The summed E-state index contributed by atoms with van der Waals surface area (Å²) in [6.45, 7) is 5.08. The summed E-state index contributed by atoms with van der Waals surface area (Å²) in [6.07, 6.45) is 1.17. The Bertz CT molecular complexity index is 280. The Morgan fingerprint density at radius 2 is 2.08 bits per heavy atom. The highest BCUT2D eigenvalue weighted by Gasteiger charge is 2.51. The number of hydrogen-bond donors (Lipinski definition) is 0. The first-order valence-electron chi connectivity index (χ1n) is 4.95. The van der Waals surface area contributed by atoms with Gasteiger partial charge in [-0.15, -0.1) is 0 Å². The summed E-state index contributed by atoms with van der Waals surface area (Å²) in [5.41, 5.74) is 1.54. The third-order valence-corrected chi connectivity index (χ3v) is 2.86. The quantitative estimate of drug-likeness (QED) is 0.688. The van der Waals surface area contributed by atoms with E-state index in [2.05, 4.69) is 44.2 Å². The van der Waals surface area contributed by atoms with E-state index in [1.54, 1.807) is 0 Å². The Labute approximate surface area is 79.7 Å². The molecule has 0 saturated heterocycles. The van der Waals surface area contributed by atoms with Crippen molar-refractivity contribution in [2.45, 2.75) is 31.8 Å². The molecule has 1 nitrogen and oxygen atoms in total. The van der Waals surface area contributed by atoms with Crippen LogP contribution in [0.1, 0.15) is 31.7 Å². The van der Waals surface area contributed by atoms with Crippen LogP contribution in [0.15, 0.2) is 30.3 Å². The molecular formula is C12H16O. The van der Waals surface area contributed by atoms with E-state index in [0.717, 1.165) is 6.61 Å². The summed E-state index contributed by atoms with van der Waals surface area (Å²) in [6, 6.07) is 10.6. The summed E-state index contributed by atoms with van der Waals surface area (Å²) < 4.78 is 5.71. The lowest BCUT2D eigenvalue weighted by molar-refractivity contribution is 0.0513. The molecule has 13 heavy (non-hydrogen) atoms. The summed E-state index contributed by atoms with van der Waals surface area (Å²) in [5, 5.41) is 0. The van der Waals surface area contributed by atoms with Crippen LogP contribution in [0.25, 0.3) is 0 Å². The standard InChI is InChI=1S/C12H16O/c1-3-13-12(2)9-11(12)10-7-5-4-6-8-10/h4-8,11H,3,9H2,1-2H3/t11-,12+/m0/s1. The van der Waals surface area contributed by atoms with E-state index >= 15 is 0 Å². The van der Waals surface area contributed by atoms with Gasteiger partial charge in [0.2, 0.25) is 0 Å². The van der Waals surface area contributed by atoms with Gasteiger partial charge in [0.25, 0.3) is 0 Å². The second kappa shape index (κ2) is 3.15. The molecule has 1 fully saturated rings. The first-order valence-corrected chi connectivity index (χ1v) is 4.95. The molecule has 1 aliphatic carbocycles. The zero-order chi connectivity index (χ0) is 9.31. The van der Waals surface area contributed by atoms with Crippen molar-refractivity contribution in [2.75, 3.05) is 6.61 Å². The predicted molar refractivity (Wildman–Crippen MR) is 53.8 cm³/mol. The van der Waals surface area contributed by atoms with Crippen molar-refractivity contribution in [3.05, 3.63) is 35.9 Å². The lowest BCUT2D eigenvalue weighted by atomic mass is 10.1. The van der Waals surface area contributed by atoms with Gasteiger partial charge in [-0.2, -0.15) is 0 Å². The predicted octanol–water partition coefficient (Wildman–Crippen LogP) is 2.97. The van der Waals surface area contributed by atoms with E-state index in [9.17, 15) is 0 Å². The Morgan fingerprint density at radius 3 is 2.69 bits per heavy atom. The minimum absolute atomic E-state index is 0.121. The maximum atomic E-state index is 5.71. The van der Waals surface area contributed by atoms with Gasteiger partial charge in [-0.1, -0.05) is 30.3 Å². The minimum Gasteiger partial charge on any atom is -0.375 e. The molecule has 0 heterocycles. The van der Waals surface area contributed by atoms with Gasteiger partial charge in [0.1, 0.15) is 0 Å². The van der Waals surface area contributed by atoms with Crippen LogP contribution in [0.5, 0.6) is 0 Å². The second-order valence-corrected chi connectivity index (χ2v) is 3.91. The molecule has 2 rings (SSSR count). The third-order valence-electron chi connectivity index (χ3n) is 2.86. The molecule has 1 aromatic rings. The van der Waals surface area contributed by atoms with Gasteiger partial charge in [-0.25, -0.2) is 0 Å². The maximum absolute atomic E-state index is 5.71. The van der Waals surface area contributed by atoms with Crippen molar-refractivity contribution in [3.8, 4) is 0 Å². The fourth-order valence-corrected chi connectivity index (χ4v) is 1.99. The molecule has 0 N–H and O–H groups in total. The second-order valence-electron chi connectivity index (χ2n) is 3.91. The molecule has 1 aliphatic rings. The van der Waals surface area contributed by atoms with Crippen LogP contribution in [-0.2, 0) is 4.74 Å². The molecular weight excluding hydrogens is 160 g/mol. The smallest absolute Gasteiger partial charge is 0.0730 e. The van der Waals surface area contributed by atoms with Crippen LogP contribution in [0.3, 0.4) is 0 Å². The molecule has 0 spiro atoms. The van der Waals surface area contributed by atoms with Crippen LogP contribution in [0, 0.1) is 0 Å². The van der Waals surface area contributed by atoms with E-state index in [1.165, 1.54) is 12.0 Å². The molecule has 0 radical (unpaired) electrons. The molecule has 0 aromatic heterocycles. The monoisotopic (exact) mass is 176 g/mol. The molecule has 0 aliphatic heterocycles. The first kappa shape index (κ1) is 8.76. The summed E-state index contributed by atoms with van der Waals surface area (Å²) in [5.74, 6) is 0.619. The fraction of sp³-hybridized carbons (Fsp3) is 0.500. The van der Waals surface area contributed by atoms with E-state index in [4.69, 9.17) is 4.74 Å². The van der Waals surface area contributed by atoms with E-state index in [-0.39, 0.29) is 5.60 Å². The van der Waals surface area contributed by atoms with Gasteiger partial charge >= 0.3 is 0 Å². The summed E-state index contributed by atoms with van der Waals surface area (Å²) in [7, 11) is 0. The Morgan fingerprint density at radius 1 is 1.38 bits per heavy atom. The number of rotatable bonds is 3. The highest BCUT2D eigenvalue weighted by molar-refractivity contribution is 5.30. The molecule has 70 valence electrons. The Balaban J connectivity index is 2.07. The number of hydrogen-bond acceptors (Lipinski definition) is 1. The highest BCUT2D eigenvalue weighted by Crippen LogP contribution is 2.53. The zero-order valence-electron chi connectivity index (χ0n) is 8.29. The van der Waals surface area contributed by atoms with Crippen molar-refractivity contribution >= 4 is 0 Å². The first-order chi connectivity index (χ1) is 6.26. The number of benzene rings is 1. The third kappa shape index (κ3) is 1.61. The van der Waals surface area contributed by atoms with E-state index < -0.39 is 0 Å². The molecule has 1 saturated carbocycles. The van der Waals surface area contributed by atoms with Gasteiger partial charge < -0.3 is 4.74 Å². The van der Waals surface area contributed by atoms with Crippen LogP contribution in [0.4, 0.5) is 0 Å². The normalized spacial score (nSPS) is 31.7. The van der Waals surface area contributed by atoms with Crippen molar-refractivity contribution in [3.63, 3.8) is 0 Å². The van der Waals surface area contributed by atoms with Crippen molar-refractivity contribution in [1.29, 1.82) is 0 Å². The van der Waals surface area contributed by atoms with Crippen LogP contribution < -0.4 is 0 Å². The maximum Gasteiger partial charge on any atom is 0.0730 e. The van der Waals surface area contributed by atoms with Crippen molar-refractivity contribution < 1.29 is 4.74 Å². The minimum atomic E-state index is 0.121. The lowest BCUT2D eigenvalue weighted by Crippen LogP contribution is -2.11. The van der Waals surface area contributed by atoms with Crippen LogP contribution >= 0.6 is 0 Å². The molecule has 0 amide bonds. The zero-order valence-corrected chi connectivity index (χ0v) is 8.29. The van der Waals surface area contributed by atoms with Crippen LogP contribution in [0.2, 0.25) is 0 Å². The highest BCUT2D eigenvalue weighted by atomic mass is 16.5. The van der Waals surface area contributed by atoms with Gasteiger partial charge in [-0.3, -0.25) is 0 Å². The van der Waals surface area contributed by atoms with Gasteiger partial charge in [0.15, 0.2) is 0 Å². The summed E-state index contributed by atoms with van der Waals surface area (Å²) >= 11 is 0. The lowest BCUT2D eigenvalue weighted by Gasteiger charge is -2.10. The largest absolute Gasteiger partial charge is 0.375 e. The fourth-order valence-electron chi connectivity index (χ4n) is 1.99. The van der Waals surface area contributed by atoms with E-state index in [1.807, 2.05) is 0 Å². The Kier molecular flexibility index (Phi) is 2.12. The molecule has 0 bridgehead atoms. The van der Waals surface area contributed by atoms with Crippen molar-refractivity contribution in [2.24, 2.45) is 0 Å². The van der Waals surface area contributed by atoms with Gasteiger partial charge in [0, 0.05) is 12.5 Å². The average molecular weight is 176 g/mol. The van der Waals surface area contributed by atoms with E-state index in [0.29, 0.717) is 5.92 Å². The molecule has 1 heteroatoms. The topological polar surface area (TPSA) is 9.23 Å². The number of ether oxygens (including phenoxy) is 1. The van der Waals surface area contributed by atoms with Gasteiger partial charge in [0.05, 0.1) is 5.60 Å². The molecule has 2 atom stereocenters. The molecule has 1 aromatic carbocycles. The van der Waals surface area contributed by atoms with Crippen molar-refractivity contribution in [1.82, 2.24) is 0 Å². The SMILES string of the molecule is CCO[C@]1(C)C[C@H]1c1ccccc1. The van der Waals surface area contributed by atoms with Gasteiger partial charge in [-0.05, 0) is 25.8 Å². The summed E-state index contributed by atoms with van der Waals surface area (Å²) in [4.78, 5) is 0. The molecule has 0 unspecified atom stereocenters. The average Bonchev–Trinajstić information content (AvgIpc) is 2.80. The van der Waals surface area contributed by atoms with Crippen LogP contribution in [-0.4, -0.2) is 12.2 Å². The Hall–Kier alpha value is -0.820.